The SMILES string of the molecule is CN1CCN(c2cccc(Br)c2)CC1CCO. The molecule has 1 atom stereocenters. The van der Waals surface area contributed by atoms with Gasteiger partial charge >= 0.3 is 0 Å². The summed E-state index contributed by atoms with van der Waals surface area (Å²) in [5.41, 5.74) is 1.26. The molecule has 0 saturated carbocycles. The average Bonchev–Trinajstić information content (AvgIpc) is 2.32. The molecule has 0 amide bonds. The largest absolute Gasteiger partial charge is 0.396 e. The topological polar surface area (TPSA) is 26.7 Å². The summed E-state index contributed by atoms with van der Waals surface area (Å²) in [5.74, 6) is 0. The van der Waals surface area contributed by atoms with Crippen molar-refractivity contribution in [3.05, 3.63) is 28.7 Å². The molecule has 0 aromatic heterocycles. The van der Waals surface area contributed by atoms with Gasteiger partial charge in [0.2, 0.25) is 0 Å². The number of aliphatic hydroxyl groups is 1. The van der Waals surface area contributed by atoms with E-state index < -0.39 is 0 Å². The Morgan fingerprint density at radius 2 is 2.24 bits per heavy atom. The zero-order chi connectivity index (χ0) is 12.3. The second-order valence-electron chi connectivity index (χ2n) is 4.57. The van der Waals surface area contributed by atoms with Crippen LogP contribution in [0.5, 0.6) is 0 Å². The second kappa shape index (κ2) is 5.85. The minimum Gasteiger partial charge on any atom is -0.396 e. The van der Waals surface area contributed by atoms with Crippen LogP contribution in [0.3, 0.4) is 0 Å². The molecule has 1 N–H and O–H groups in total. The molecule has 0 radical (unpaired) electrons. The summed E-state index contributed by atoms with van der Waals surface area (Å²) in [4.78, 5) is 4.73. The molecule has 1 fully saturated rings. The molecule has 1 aromatic rings. The second-order valence-corrected chi connectivity index (χ2v) is 5.49. The highest BCUT2D eigenvalue weighted by atomic mass is 79.9. The number of nitrogens with zero attached hydrogens (tertiary/aromatic N) is 2. The van der Waals surface area contributed by atoms with Crippen molar-refractivity contribution in [2.24, 2.45) is 0 Å². The lowest BCUT2D eigenvalue weighted by Crippen LogP contribution is -2.51. The average molecular weight is 299 g/mol. The summed E-state index contributed by atoms with van der Waals surface area (Å²) in [7, 11) is 2.14. The van der Waals surface area contributed by atoms with E-state index in [1.807, 2.05) is 6.07 Å². The number of likely N-dealkylation sites (N-methyl/N-ethyl adjacent to an activating group) is 1. The van der Waals surface area contributed by atoms with Gasteiger partial charge in [-0.15, -0.1) is 0 Å². The Balaban J connectivity index is 2.07. The van der Waals surface area contributed by atoms with Crippen LogP contribution >= 0.6 is 15.9 Å². The summed E-state index contributed by atoms with van der Waals surface area (Å²) in [5, 5.41) is 9.08. The van der Waals surface area contributed by atoms with E-state index in [4.69, 9.17) is 5.11 Å². The van der Waals surface area contributed by atoms with Crippen LogP contribution in [-0.2, 0) is 0 Å². The molecule has 1 saturated heterocycles. The molecule has 0 aliphatic carbocycles. The monoisotopic (exact) mass is 298 g/mol. The normalized spacial score (nSPS) is 21.8. The van der Waals surface area contributed by atoms with Gasteiger partial charge in [-0.2, -0.15) is 0 Å². The zero-order valence-corrected chi connectivity index (χ0v) is 11.7. The summed E-state index contributed by atoms with van der Waals surface area (Å²) >= 11 is 3.51. The molecular formula is C13H19BrN2O. The Hall–Kier alpha value is -0.580. The van der Waals surface area contributed by atoms with E-state index in [9.17, 15) is 0 Å². The molecule has 94 valence electrons. The van der Waals surface area contributed by atoms with Crippen LogP contribution in [0, 0.1) is 0 Å². The number of halogens is 1. The molecule has 3 nitrogen and oxygen atoms in total. The van der Waals surface area contributed by atoms with Crippen LogP contribution in [0.2, 0.25) is 0 Å². The van der Waals surface area contributed by atoms with Gasteiger partial charge in [0.1, 0.15) is 0 Å². The fourth-order valence-corrected chi connectivity index (χ4v) is 2.70. The molecule has 1 heterocycles. The first kappa shape index (κ1) is 12.9. The van der Waals surface area contributed by atoms with Crippen molar-refractivity contribution < 1.29 is 5.11 Å². The Labute approximate surface area is 111 Å². The third-order valence-electron chi connectivity index (χ3n) is 3.41. The van der Waals surface area contributed by atoms with E-state index in [-0.39, 0.29) is 6.61 Å². The first-order chi connectivity index (χ1) is 8.20. The first-order valence-electron chi connectivity index (χ1n) is 6.02. The molecule has 0 spiro atoms. The first-order valence-corrected chi connectivity index (χ1v) is 6.81. The minimum atomic E-state index is 0.265. The Morgan fingerprint density at radius 3 is 2.94 bits per heavy atom. The highest BCUT2D eigenvalue weighted by molar-refractivity contribution is 9.10. The number of benzene rings is 1. The van der Waals surface area contributed by atoms with E-state index >= 15 is 0 Å². The molecule has 1 unspecified atom stereocenters. The molecule has 1 aliphatic rings. The van der Waals surface area contributed by atoms with Crippen LogP contribution in [0.15, 0.2) is 28.7 Å². The van der Waals surface area contributed by atoms with Crippen LogP contribution in [0.25, 0.3) is 0 Å². The predicted molar refractivity (Wildman–Crippen MR) is 74.5 cm³/mol. The Kier molecular flexibility index (Phi) is 4.42. The molecule has 2 rings (SSSR count). The lowest BCUT2D eigenvalue weighted by Gasteiger charge is -2.40. The maximum Gasteiger partial charge on any atom is 0.0446 e. The summed E-state index contributed by atoms with van der Waals surface area (Å²) < 4.78 is 1.12. The van der Waals surface area contributed by atoms with Crippen LogP contribution < -0.4 is 4.90 Å². The van der Waals surface area contributed by atoms with E-state index in [1.165, 1.54) is 5.69 Å². The minimum absolute atomic E-state index is 0.265. The van der Waals surface area contributed by atoms with Gasteiger partial charge in [-0.1, -0.05) is 22.0 Å². The van der Waals surface area contributed by atoms with Crippen molar-refractivity contribution in [3.8, 4) is 0 Å². The van der Waals surface area contributed by atoms with Crippen molar-refractivity contribution in [1.82, 2.24) is 4.90 Å². The van der Waals surface area contributed by atoms with Gasteiger partial charge in [0, 0.05) is 42.4 Å². The van der Waals surface area contributed by atoms with E-state index in [0.29, 0.717) is 6.04 Å². The summed E-state index contributed by atoms with van der Waals surface area (Å²) in [6.45, 7) is 3.36. The lowest BCUT2D eigenvalue weighted by atomic mass is 10.1. The van der Waals surface area contributed by atoms with Gasteiger partial charge in [-0.25, -0.2) is 0 Å². The Bertz CT molecular complexity index is 372. The highest BCUT2D eigenvalue weighted by Gasteiger charge is 2.23. The molecule has 0 bridgehead atoms. The van der Waals surface area contributed by atoms with Crippen molar-refractivity contribution in [1.29, 1.82) is 0 Å². The highest BCUT2D eigenvalue weighted by Crippen LogP contribution is 2.23. The third-order valence-corrected chi connectivity index (χ3v) is 3.91. The summed E-state index contributed by atoms with van der Waals surface area (Å²) in [6.07, 6.45) is 0.848. The number of aliphatic hydroxyl groups excluding tert-OH is 1. The van der Waals surface area contributed by atoms with E-state index in [1.54, 1.807) is 0 Å². The number of rotatable bonds is 3. The quantitative estimate of drug-likeness (QED) is 0.924. The van der Waals surface area contributed by atoms with Crippen molar-refractivity contribution >= 4 is 21.6 Å². The van der Waals surface area contributed by atoms with Gasteiger partial charge in [0.05, 0.1) is 0 Å². The van der Waals surface area contributed by atoms with Crippen LogP contribution in [0.4, 0.5) is 5.69 Å². The van der Waals surface area contributed by atoms with Gasteiger partial charge in [-0.05, 0) is 31.7 Å². The Morgan fingerprint density at radius 1 is 1.41 bits per heavy atom. The molecule has 1 aliphatic heterocycles. The van der Waals surface area contributed by atoms with Crippen molar-refractivity contribution in [3.63, 3.8) is 0 Å². The van der Waals surface area contributed by atoms with Crippen molar-refractivity contribution in [2.75, 3.05) is 38.2 Å². The standard InChI is InChI=1S/C13H19BrN2O/c1-15-6-7-16(10-13(15)5-8-17)12-4-2-3-11(14)9-12/h2-4,9,13,17H,5-8,10H2,1H3. The number of piperazine rings is 1. The molecule has 4 heteroatoms. The number of hydrogen-bond donors (Lipinski definition) is 1. The number of hydrogen-bond acceptors (Lipinski definition) is 3. The molecule has 1 aromatic carbocycles. The predicted octanol–water partition coefficient (Wildman–Crippen LogP) is 1.95. The van der Waals surface area contributed by atoms with E-state index in [2.05, 4.69) is 51.0 Å². The smallest absolute Gasteiger partial charge is 0.0446 e. The van der Waals surface area contributed by atoms with Crippen LogP contribution in [-0.4, -0.2) is 49.3 Å². The fraction of sp³-hybridized carbons (Fsp3) is 0.538. The van der Waals surface area contributed by atoms with Gasteiger partial charge in [0.25, 0.3) is 0 Å². The third kappa shape index (κ3) is 3.21. The zero-order valence-electron chi connectivity index (χ0n) is 10.1. The fourth-order valence-electron chi connectivity index (χ4n) is 2.31. The van der Waals surface area contributed by atoms with Gasteiger partial charge in [-0.3, -0.25) is 4.90 Å². The number of anilines is 1. The van der Waals surface area contributed by atoms with Crippen molar-refractivity contribution in [2.45, 2.75) is 12.5 Å². The maximum absolute atomic E-state index is 9.08. The van der Waals surface area contributed by atoms with E-state index in [0.717, 1.165) is 30.5 Å². The molecular weight excluding hydrogens is 280 g/mol. The van der Waals surface area contributed by atoms with Crippen LogP contribution in [0.1, 0.15) is 6.42 Å². The summed E-state index contributed by atoms with van der Waals surface area (Å²) in [6, 6.07) is 8.87. The van der Waals surface area contributed by atoms with Gasteiger partial charge < -0.3 is 10.0 Å². The lowest BCUT2D eigenvalue weighted by molar-refractivity contribution is 0.171. The maximum atomic E-state index is 9.08. The molecule has 17 heavy (non-hydrogen) atoms. The van der Waals surface area contributed by atoms with Gasteiger partial charge in [0.15, 0.2) is 0 Å².